The summed E-state index contributed by atoms with van der Waals surface area (Å²) in [6.07, 6.45) is 16.0. The third kappa shape index (κ3) is 37.3. The van der Waals surface area contributed by atoms with Crippen LogP contribution in [-0.2, 0) is 81.4 Å². The molecule has 3 N–H and O–H groups in total. The Labute approximate surface area is 887 Å². The molecule has 6 amide bonds. The van der Waals surface area contributed by atoms with Crippen LogP contribution in [0.2, 0.25) is 0 Å². The zero-order valence-electron chi connectivity index (χ0n) is 91.8. The number of likely N-dealkylation sites (N-methyl/N-ethyl adjacent to an activating group) is 2. The van der Waals surface area contributed by atoms with Crippen LogP contribution in [-0.4, -0.2) is 243 Å². The predicted molar refractivity (Wildman–Crippen MR) is 580 cm³/mol. The van der Waals surface area contributed by atoms with Gasteiger partial charge in [0.2, 0.25) is 17.7 Å². The molecule has 147 heavy (non-hydrogen) atoms. The van der Waals surface area contributed by atoms with Crippen LogP contribution >= 0.6 is 34.0 Å². The number of rotatable bonds is 53. The van der Waals surface area contributed by atoms with Gasteiger partial charge in [0.05, 0.1) is 31.3 Å². The fourth-order valence-corrected chi connectivity index (χ4v) is 24.3. The molecule has 3 saturated heterocycles. The summed E-state index contributed by atoms with van der Waals surface area (Å²) in [5.41, 5.74) is 4.33. The first-order valence-corrected chi connectivity index (χ1v) is 57.2. The highest BCUT2D eigenvalue weighted by molar-refractivity contribution is 7.10. The summed E-state index contributed by atoms with van der Waals surface area (Å²) in [7, 11) is 7.35. The molecular weight excluding hydrogens is 1910 g/mol. The first kappa shape index (κ1) is 119. The van der Waals surface area contributed by atoms with Gasteiger partial charge in [0.15, 0.2) is 35.7 Å². The van der Waals surface area contributed by atoms with Crippen LogP contribution in [0.25, 0.3) is 0 Å². The van der Waals surface area contributed by atoms with Crippen LogP contribution in [0.4, 0.5) is 0 Å². The summed E-state index contributed by atoms with van der Waals surface area (Å²) in [5.74, 6) is -0.898. The summed E-state index contributed by atoms with van der Waals surface area (Å²) in [4.78, 5) is 186. The van der Waals surface area contributed by atoms with E-state index in [1.807, 2.05) is 94.5 Å². The predicted octanol–water partition coefficient (Wildman–Crippen LogP) is 19.4. The number of morpholine rings is 1. The molecule has 3 saturated carbocycles. The van der Waals surface area contributed by atoms with Crippen molar-refractivity contribution in [2.45, 2.75) is 357 Å². The van der Waals surface area contributed by atoms with Crippen LogP contribution in [0.1, 0.15) is 341 Å². The molecule has 31 heteroatoms. The SMILES string of the molecule is CC(=O)O[C@H](C[C@H](C(C)C)N(C)C(=O)[C@@H](CC(=O)[C@H]1CCCCN1C(C)C)C1CC1)c1nc(C(=O)N[C@@H](Cc2ccccc2)CC(C)C)cs1.CC(=O)O[C@H](C[C@H](C(C)C)N(C)C(=O)[C@@H](CC(=O)[C@H]1COCCN1C)C1CC1)c1nc(C(=O)N[C@@H](Cc2ccccc2)CC(C)C)cs1.CCN1CCCC[C@@H]1C(=O)C[C@H](C(=O)N(C)[C@H](C[C@@H](OC(C)=O)c1nc(C(=O)N[C@@H](Cc2ccccc2)CC(C)C)cs1)C(C)C)C1CC1. The highest BCUT2D eigenvalue weighted by Gasteiger charge is 2.48. The normalized spacial score (nSPS) is 19.3. The number of nitrogens with zero attached hydrogens (tertiary/aromatic N) is 9. The first-order chi connectivity index (χ1) is 69.9. The molecule has 3 aliphatic heterocycles. The Morgan fingerprint density at radius 3 is 0.993 bits per heavy atom. The number of amides is 6. The molecule has 3 aliphatic carbocycles. The number of esters is 3. The van der Waals surface area contributed by atoms with Gasteiger partial charge in [0, 0.05) is 163 Å². The van der Waals surface area contributed by atoms with E-state index in [0.717, 1.165) is 145 Å². The lowest BCUT2D eigenvalue weighted by Gasteiger charge is -2.39. The number of thiazole rings is 3. The van der Waals surface area contributed by atoms with Gasteiger partial charge in [-0.3, -0.25) is 72.2 Å². The lowest BCUT2D eigenvalue weighted by atomic mass is 9.87. The number of benzene rings is 3. The van der Waals surface area contributed by atoms with Crippen molar-refractivity contribution in [3.05, 3.63) is 156 Å². The number of nitrogens with one attached hydrogen (secondary N) is 3. The van der Waals surface area contributed by atoms with E-state index in [0.29, 0.717) is 95.6 Å². The maximum atomic E-state index is 14.2. The minimum atomic E-state index is -0.735. The Kier molecular flexibility index (Phi) is 47.4. The van der Waals surface area contributed by atoms with Gasteiger partial charge < -0.3 is 49.6 Å². The van der Waals surface area contributed by atoms with Crippen molar-refractivity contribution in [2.24, 2.45) is 71.0 Å². The van der Waals surface area contributed by atoms with Gasteiger partial charge in [-0.2, -0.15) is 0 Å². The van der Waals surface area contributed by atoms with E-state index in [-0.39, 0.29) is 179 Å². The molecular formula is C116H172N12O16S3. The van der Waals surface area contributed by atoms with E-state index < -0.39 is 42.1 Å². The molecule has 6 aromatic rings. The summed E-state index contributed by atoms with van der Waals surface area (Å²) >= 11 is 3.86. The van der Waals surface area contributed by atoms with Crippen molar-refractivity contribution in [1.82, 2.24) is 60.3 Å². The van der Waals surface area contributed by atoms with E-state index >= 15 is 0 Å². The van der Waals surface area contributed by atoms with E-state index in [1.54, 1.807) is 37.9 Å². The standard InChI is InChI=1S/C40H60N4O5S.C39H58N4O5S.C37H54N4O6S/c1-25(2)20-31(21-29-14-10-9-11-15-29)41-38(47)33-24-50-39(42-33)37(49-28(7)45)23-35(26(3)4)43(8)40(48)32(30-17-18-30)22-36(46)34-16-12-13-19-44(34)27(5)6;1-8-43-19-13-12-16-33(43)35(45)22-31(29-17-18-29)39(47)42(7)34(26(4)5)23-36(48-27(6)44)38-41-32(24-49-38)37(46)40-30(20-25(2)3)21-28-14-10-9-11-15-28;1-23(2)17-28(18-26-11-9-8-10-12-26)38-35(44)30-22-48-36(39-30)34(47-25(5)42)20-31(24(3)4)41(7)37(45)29(27-13-14-27)19-33(43)32-21-46-16-15-40(32)6/h9-11,14-15,24-27,30-32,34-35,37H,12-13,16-23H2,1-8H3,(H,41,47);9-11,14-15,24-26,29-31,33-34,36H,8,12-13,16-23H2,1-7H3,(H,40,46);8-12,22-24,27-29,31-32,34H,13-21H2,1-7H3,(H,38,44)/t31-,32+,34-,35-,37-;30-,31+,33-,34-,36-;28-,29+,31-,32-,34-/m111/s1. The number of ether oxygens (including phenoxy) is 4. The zero-order chi connectivity index (χ0) is 107. The van der Waals surface area contributed by atoms with Crippen molar-refractivity contribution in [3.8, 4) is 0 Å². The molecule has 6 aliphatic rings. The fraction of sp³-hybridized carbons (Fsp3) is 0.664. The number of aromatic nitrogens is 3. The quantitative estimate of drug-likeness (QED) is 0.0236. The minimum absolute atomic E-state index is 0.0104. The number of hydrogen-bond acceptors (Lipinski definition) is 25. The van der Waals surface area contributed by atoms with Crippen molar-refractivity contribution in [2.75, 3.05) is 67.6 Å². The van der Waals surface area contributed by atoms with E-state index in [2.05, 4.69) is 167 Å². The van der Waals surface area contributed by atoms with Crippen LogP contribution in [0.5, 0.6) is 0 Å². The molecule has 28 nitrogen and oxygen atoms in total. The molecule has 12 rings (SSSR count). The van der Waals surface area contributed by atoms with Crippen LogP contribution in [0.3, 0.4) is 0 Å². The molecule has 6 fully saturated rings. The van der Waals surface area contributed by atoms with E-state index in [9.17, 15) is 57.5 Å². The number of ketones is 3. The Bertz CT molecular complexity index is 5190. The molecule has 0 bridgehead atoms. The van der Waals surface area contributed by atoms with Gasteiger partial charge in [-0.15, -0.1) is 34.0 Å². The van der Waals surface area contributed by atoms with Gasteiger partial charge in [0.1, 0.15) is 32.1 Å². The fourth-order valence-electron chi connectivity index (χ4n) is 21.7. The summed E-state index contributed by atoms with van der Waals surface area (Å²) in [6.45, 7) is 40.0. The summed E-state index contributed by atoms with van der Waals surface area (Å²) in [6, 6.07) is 29.1. The largest absolute Gasteiger partial charge is 0.455 e. The number of carbonyl (C=O) groups excluding carboxylic acids is 12. The van der Waals surface area contributed by atoms with Crippen LogP contribution in [0, 0.1) is 71.0 Å². The molecule has 0 unspecified atom stereocenters. The Balaban J connectivity index is 0.000000226. The number of piperidine rings is 2. The average Bonchev–Trinajstić information content (AvgIpc) is 1.65. The van der Waals surface area contributed by atoms with Crippen molar-refractivity contribution in [1.29, 1.82) is 0 Å². The maximum absolute atomic E-state index is 14.2. The van der Waals surface area contributed by atoms with Crippen molar-refractivity contribution < 1.29 is 76.5 Å². The van der Waals surface area contributed by atoms with Crippen LogP contribution in [0.15, 0.2) is 107 Å². The highest BCUT2D eigenvalue weighted by atomic mass is 32.1. The summed E-state index contributed by atoms with van der Waals surface area (Å²) < 4.78 is 23.0. The molecule has 3 aromatic heterocycles. The third-order valence-corrected chi connectivity index (χ3v) is 32.8. The lowest BCUT2D eigenvalue weighted by molar-refractivity contribution is -0.150. The smallest absolute Gasteiger partial charge is 0.303 e. The lowest BCUT2D eigenvalue weighted by Crippen LogP contribution is -2.50. The van der Waals surface area contributed by atoms with Crippen molar-refractivity contribution in [3.63, 3.8) is 0 Å². The van der Waals surface area contributed by atoms with Gasteiger partial charge in [0.25, 0.3) is 17.7 Å². The van der Waals surface area contributed by atoms with E-state index in [1.165, 1.54) is 54.8 Å². The highest BCUT2D eigenvalue weighted by Crippen LogP contribution is 2.46. The topological polar surface area (TPSA) is 336 Å². The average molecular weight is 2090 g/mol. The summed E-state index contributed by atoms with van der Waals surface area (Å²) in [5, 5.41) is 16.3. The first-order valence-electron chi connectivity index (χ1n) is 54.5. The van der Waals surface area contributed by atoms with Crippen LogP contribution < -0.4 is 16.0 Å². The minimum Gasteiger partial charge on any atom is -0.455 e. The molecule has 810 valence electrons. The molecule has 3 aromatic carbocycles. The van der Waals surface area contributed by atoms with Gasteiger partial charge >= 0.3 is 17.9 Å². The Hall–Kier alpha value is -9.37. The monoisotopic (exact) mass is 2090 g/mol. The number of Topliss-reactive ketones (excluding diaryl/α,β-unsaturated/α-hetero) is 3. The van der Waals surface area contributed by atoms with Gasteiger partial charge in [-0.1, -0.05) is 194 Å². The molecule has 15 atom stereocenters. The number of carbonyl (C=O) groups is 12. The van der Waals surface area contributed by atoms with Gasteiger partial charge in [-0.05, 0) is 213 Å². The Morgan fingerprint density at radius 1 is 0.401 bits per heavy atom. The maximum Gasteiger partial charge on any atom is 0.303 e. The number of hydrogen-bond donors (Lipinski definition) is 3. The molecule has 6 heterocycles. The van der Waals surface area contributed by atoms with Crippen molar-refractivity contribution >= 4 is 105 Å². The zero-order valence-corrected chi connectivity index (χ0v) is 94.3. The van der Waals surface area contributed by atoms with E-state index in [4.69, 9.17) is 18.9 Å². The Morgan fingerprint density at radius 2 is 0.707 bits per heavy atom. The van der Waals surface area contributed by atoms with Gasteiger partial charge in [-0.25, -0.2) is 15.0 Å². The second kappa shape index (κ2) is 58.3. The number of likely N-dealkylation sites (tertiary alicyclic amines) is 2. The third-order valence-electron chi connectivity index (χ3n) is 30.0. The molecule has 0 spiro atoms. The molecule has 0 radical (unpaired) electrons. The second-order valence-corrected chi connectivity index (χ2v) is 47.5. The second-order valence-electron chi connectivity index (χ2n) is 44.9.